The average molecular weight is 304 g/mol. The molecule has 0 saturated heterocycles. The zero-order valence-electron chi connectivity index (χ0n) is 6.17. The lowest BCUT2D eigenvalue weighted by Crippen LogP contribution is -1.81. The van der Waals surface area contributed by atoms with Crippen molar-refractivity contribution in [3.05, 3.63) is 20.6 Å². The van der Waals surface area contributed by atoms with Crippen molar-refractivity contribution in [3.63, 3.8) is 0 Å². The van der Waals surface area contributed by atoms with Crippen molar-refractivity contribution in [1.82, 2.24) is 15.0 Å². The predicted octanol–water partition coefficient (Wildman–Crippen LogP) is 2.09. The van der Waals surface area contributed by atoms with Gasteiger partial charge in [-0.3, -0.25) is 0 Å². The Morgan fingerprint density at radius 2 is 2.38 bits per heavy atom. The van der Waals surface area contributed by atoms with Crippen molar-refractivity contribution in [2.24, 2.45) is 0 Å². The number of aromatic nitrogens is 3. The molecular weight excluding hydrogens is 302 g/mol. The van der Waals surface area contributed by atoms with Gasteiger partial charge in [-0.05, 0) is 22.6 Å². The molecule has 0 saturated carbocycles. The van der Waals surface area contributed by atoms with Gasteiger partial charge in [-0.2, -0.15) is 5.26 Å². The largest absolute Gasteiger partial charge is 0.329 e. The molecule has 13 heavy (non-hydrogen) atoms. The summed E-state index contributed by atoms with van der Waals surface area (Å²) < 4.78 is 0.777. The summed E-state index contributed by atoms with van der Waals surface area (Å²) in [7, 11) is 0. The third-order valence-electron chi connectivity index (χ3n) is 1.53. The number of rotatable bonds is 0. The Balaban J connectivity index is 2.86. The van der Waals surface area contributed by atoms with Crippen LogP contribution >= 0.6 is 34.2 Å². The highest BCUT2D eigenvalue weighted by Crippen LogP contribution is 2.21. The van der Waals surface area contributed by atoms with Crippen LogP contribution in [0.25, 0.3) is 11.2 Å². The Kier molecular flexibility index (Phi) is 2.09. The first-order valence-corrected chi connectivity index (χ1v) is 4.78. The predicted molar refractivity (Wildman–Crippen MR) is 56.3 cm³/mol. The summed E-state index contributed by atoms with van der Waals surface area (Å²) in [6.07, 6.45) is 1.46. The Morgan fingerprint density at radius 3 is 3.08 bits per heavy atom. The van der Waals surface area contributed by atoms with Gasteiger partial charge in [0.15, 0.2) is 5.65 Å². The first kappa shape index (κ1) is 8.72. The molecular formula is C7H2ClIN4. The molecule has 0 spiro atoms. The molecule has 0 aliphatic rings. The second-order valence-corrected chi connectivity index (χ2v) is 3.78. The van der Waals surface area contributed by atoms with Crippen LogP contribution in [0.15, 0.2) is 6.20 Å². The van der Waals surface area contributed by atoms with Gasteiger partial charge in [-0.15, -0.1) is 0 Å². The third-order valence-corrected chi connectivity index (χ3v) is 2.76. The van der Waals surface area contributed by atoms with Gasteiger partial charge in [0.2, 0.25) is 0 Å². The van der Waals surface area contributed by atoms with Gasteiger partial charge in [-0.1, -0.05) is 11.6 Å². The molecule has 64 valence electrons. The van der Waals surface area contributed by atoms with E-state index in [1.165, 1.54) is 6.20 Å². The summed E-state index contributed by atoms with van der Waals surface area (Å²) in [6, 6.07) is 2.02. The van der Waals surface area contributed by atoms with E-state index in [2.05, 4.69) is 15.0 Å². The first-order valence-electron chi connectivity index (χ1n) is 3.32. The number of hydrogen-bond donors (Lipinski definition) is 1. The van der Waals surface area contributed by atoms with Crippen molar-refractivity contribution in [2.45, 2.75) is 0 Å². The average Bonchev–Trinajstić information content (AvgIpc) is 2.42. The van der Waals surface area contributed by atoms with E-state index in [9.17, 15) is 0 Å². The van der Waals surface area contributed by atoms with Gasteiger partial charge in [0, 0.05) is 0 Å². The van der Waals surface area contributed by atoms with Gasteiger partial charge in [0.25, 0.3) is 0 Å². The fourth-order valence-electron chi connectivity index (χ4n) is 0.984. The molecule has 0 atom stereocenters. The molecule has 2 aromatic heterocycles. The molecule has 0 radical (unpaired) electrons. The first-order chi connectivity index (χ1) is 6.22. The summed E-state index contributed by atoms with van der Waals surface area (Å²) in [4.78, 5) is 10.9. The lowest BCUT2D eigenvalue weighted by Gasteiger charge is -1.88. The second-order valence-electron chi connectivity index (χ2n) is 2.32. The van der Waals surface area contributed by atoms with Crippen LogP contribution in [-0.2, 0) is 0 Å². The molecule has 0 aliphatic carbocycles. The number of nitrogens with zero attached hydrogens (tertiary/aromatic N) is 3. The number of H-pyrrole nitrogens is 1. The number of halogens is 2. The molecule has 2 heterocycles. The summed E-state index contributed by atoms with van der Waals surface area (Å²) in [6.45, 7) is 0. The third kappa shape index (κ3) is 1.36. The topological polar surface area (TPSA) is 65.4 Å². The minimum Gasteiger partial charge on any atom is -0.329 e. The zero-order chi connectivity index (χ0) is 9.42. The summed E-state index contributed by atoms with van der Waals surface area (Å²) in [5.41, 5.74) is 1.70. The number of nitrogens with one attached hydrogen (secondary N) is 1. The van der Waals surface area contributed by atoms with E-state index in [0.717, 1.165) is 3.57 Å². The summed E-state index contributed by atoms with van der Waals surface area (Å²) >= 11 is 7.69. The van der Waals surface area contributed by atoms with Gasteiger partial charge in [0.1, 0.15) is 22.4 Å². The molecule has 0 aliphatic heterocycles. The van der Waals surface area contributed by atoms with Crippen LogP contribution in [0.4, 0.5) is 0 Å². The van der Waals surface area contributed by atoms with Crippen molar-refractivity contribution in [3.8, 4) is 6.07 Å². The van der Waals surface area contributed by atoms with E-state index in [1.807, 2.05) is 28.7 Å². The molecule has 2 rings (SSSR count). The van der Waals surface area contributed by atoms with Crippen LogP contribution < -0.4 is 0 Å². The summed E-state index contributed by atoms with van der Waals surface area (Å²) in [5, 5.41) is 9.03. The van der Waals surface area contributed by atoms with Crippen LogP contribution in [0.3, 0.4) is 0 Å². The minimum absolute atomic E-state index is 0.314. The molecule has 0 aromatic carbocycles. The molecule has 0 bridgehead atoms. The SMILES string of the molecule is N#Cc1[nH]c2nc(Cl)cnc2c1I. The van der Waals surface area contributed by atoms with E-state index in [0.29, 0.717) is 22.0 Å². The normalized spacial score (nSPS) is 10.2. The highest BCUT2D eigenvalue weighted by molar-refractivity contribution is 14.1. The highest BCUT2D eigenvalue weighted by Gasteiger charge is 2.10. The lowest BCUT2D eigenvalue weighted by atomic mass is 10.4. The standard InChI is InChI=1S/C7H2ClIN4/c8-4-2-11-6-5(9)3(1-10)12-7(6)13-4/h2H,(H,12,13). The molecule has 1 N–H and O–H groups in total. The minimum atomic E-state index is 0.314. The Bertz CT molecular complexity index is 513. The number of fused-ring (bicyclic) bond motifs is 1. The molecule has 0 amide bonds. The molecule has 2 aromatic rings. The fourth-order valence-corrected chi connectivity index (χ4v) is 1.77. The molecule has 4 nitrogen and oxygen atoms in total. The van der Waals surface area contributed by atoms with Gasteiger partial charge in [-0.25, -0.2) is 9.97 Å². The fraction of sp³-hybridized carbons (Fsp3) is 0. The smallest absolute Gasteiger partial charge is 0.159 e. The van der Waals surface area contributed by atoms with E-state index in [-0.39, 0.29) is 0 Å². The van der Waals surface area contributed by atoms with E-state index in [4.69, 9.17) is 16.9 Å². The quantitative estimate of drug-likeness (QED) is 0.758. The van der Waals surface area contributed by atoms with Crippen LogP contribution in [0.2, 0.25) is 5.15 Å². The van der Waals surface area contributed by atoms with Crippen molar-refractivity contribution in [2.75, 3.05) is 0 Å². The Labute approximate surface area is 92.1 Å². The molecule has 0 fully saturated rings. The van der Waals surface area contributed by atoms with Crippen molar-refractivity contribution in [1.29, 1.82) is 5.26 Å². The number of hydrogen-bond acceptors (Lipinski definition) is 3. The van der Waals surface area contributed by atoms with Crippen molar-refractivity contribution >= 4 is 45.4 Å². The molecule has 0 unspecified atom stereocenters. The maximum absolute atomic E-state index is 8.71. The second kappa shape index (κ2) is 3.12. The van der Waals surface area contributed by atoms with Gasteiger partial charge < -0.3 is 4.98 Å². The summed E-state index contributed by atoms with van der Waals surface area (Å²) in [5.74, 6) is 0. The highest BCUT2D eigenvalue weighted by atomic mass is 127. The van der Waals surface area contributed by atoms with Gasteiger partial charge >= 0.3 is 0 Å². The molecule has 6 heteroatoms. The van der Waals surface area contributed by atoms with Gasteiger partial charge in [0.05, 0.1) is 9.77 Å². The van der Waals surface area contributed by atoms with Crippen molar-refractivity contribution < 1.29 is 0 Å². The maximum Gasteiger partial charge on any atom is 0.159 e. The lowest BCUT2D eigenvalue weighted by molar-refractivity contribution is 1.25. The van der Waals surface area contributed by atoms with E-state index in [1.54, 1.807) is 0 Å². The Hall–Kier alpha value is -0.870. The maximum atomic E-state index is 8.71. The van der Waals surface area contributed by atoms with E-state index < -0.39 is 0 Å². The monoisotopic (exact) mass is 304 g/mol. The van der Waals surface area contributed by atoms with Crippen LogP contribution in [0.1, 0.15) is 5.69 Å². The number of nitriles is 1. The van der Waals surface area contributed by atoms with Crippen LogP contribution in [0, 0.1) is 14.9 Å². The van der Waals surface area contributed by atoms with Crippen LogP contribution in [0.5, 0.6) is 0 Å². The number of aromatic amines is 1. The van der Waals surface area contributed by atoms with Crippen LogP contribution in [-0.4, -0.2) is 15.0 Å². The Morgan fingerprint density at radius 1 is 1.62 bits per heavy atom. The van der Waals surface area contributed by atoms with E-state index >= 15 is 0 Å². The zero-order valence-corrected chi connectivity index (χ0v) is 9.09.